The largest absolute Gasteiger partial charge is 0.390 e. The minimum absolute atomic E-state index is 0.302. The van der Waals surface area contributed by atoms with Crippen LogP contribution in [-0.4, -0.2) is 15.5 Å². The van der Waals surface area contributed by atoms with Crippen LogP contribution in [0.1, 0.15) is 53.4 Å². The Kier molecular flexibility index (Phi) is 2.42. The van der Waals surface area contributed by atoms with E-state index in [2.05, 4.69) is 43.6 Å². The van der Waals surface area contributed by atoms with Crippen LogP contribution in [0.5, 0.6) is 0 Å². The maximum Gasteiger partial charge on any atom is 0.0656 e. The van der Waals surface area contributed by atoms with Crippen molar-refractivity contribution in [3.63, 3.8) is 0 Å². The molecule has 0 spiro atoms. The van der Waals surface area contributed by atoms with E-state index in [4.69, 9.17) is 0 Å². The highest BCUT2D eigenvalue weighted by atomic mass is 79.9. The highest BCUT2D eigenvalue weighted by Gasteiger charge is 2.71. The van der Waals surface area contributed by atoms with Gasteiger partial charge in [-0.2, -0.15) is 0 Å². The normalized spacial score (nSPS) is 60.4. The monoisotopic (exact) mass is 300 g/mol. The van der Waals surface area contributed by atoms with Crippen molar-refractivity contribution in [3.05, 3.63) is 0 Å². The van der Waals surface area contributed by atoms with Gasteiger partial charge in [-0.05, 0) is 61.2 Å². The van der Waals surface area contributed by atoms with Crippen molar-refractivity contribution in [2.75, 3.05) is 0 Å². The molecular formula is C15H25BrO. The smallest absolute Gasteiger partial charge is 0.0656 e. The second-order valence-electron chi connectivity index (χ2n) is 7.84. The third-order valence-corrected chi connectivity index (χ3v) is 8.00. The summed E-state index contributed by atoms with van der Waals surface area (Å²) in [6, 6.07) is 0. The lowest BCUT2D eigenvalue weighted by atomic mass is 9.55. The Bertz CT molecular complexity index is 349. The van der Waals surface area contributed by atoms with Crippen molar-refractivity contribution in [3.8, 4) is 0 Å². The topological polar surface area (TPSA) is 20.2 Å². The van der Waals surface area contributed by atoms with Gasteiger partial charge in [0.1, 0.15) is 0 Å². The summed E-state index contributed by atoms with van der Waals surface area (Å²) < 4.78 is 0. The van der Waals surface area contributed by atoms with Gasteiger partial charge in [0.05, 0.1) is 5.60 Å². The minimum atomic E-state index is -0.448. The first-order chi connectivity index (χ1) is 7.71. The van der Waals surface area contributed by atoms with Gasteiger partial charge >= 0.3 is 0 Å². The second kappa shape index (κ2) is 3.30. The van der Waals surface area contributed by atoms with Gasteiger partial charge in [-0.15, -0.1) is 0 Å². The molecule has 98 valence electrons. The molecule has 3 aliphatic rings. The molecule has 3 fully saturated rings. The van der Waals surface area contributed by atoms with Gasteiger partial charge in [-0.25, -0.2) is 0 Å². The predicted molar refractivity (Wildman–Crippen MR) is 74.2 cm³/mol. The van der Waals surface area contributed by atoms with E-state index in [0.717, 1.165) is 24.7 Å². The fourth-order valence-electron chi connectivity index (χ4n) is 5.38. The molecule has 3 rings (SSSR count). The maximum absolute atomic E-state index is 10.9. The molecule has 0 aromatic carbocycles. The van der Waals surface area contributed by atoms with Crippen LogP contribution >= 0.6 is 15.9 Å². The zero-order valence-electron chi connectivity index (χ0n) is 11.5. The maximum atomic E-state index is 10.9. The van der Waals surface area contributed by atoms with Gasteiger partial charge in [0.25, 0.3) is 0 Å². The van der Waals surface area contributed by atoms with E-state index < -0.39 is 5.60 Å². The minimum Gasteiger partial charge on any atom is -0.390 e. The zero-order valence-corrected chi connectivity index (χ0v) is 13.0. The number of fused-ring (bicyclic) bond motifs is 3. The van der Waals surface area contributed by atoms with Crippen LogP contribution in [0.15, 0.2) is 0 Å². The van der Waals surface area contributed by atoms with Crippen LogP contribution in [0.2, 0.25) is 0 Å². The van der Waals surface area contributed by atoms with Crippen molar-refractivity contribution in [2.45, 2.75) is 63.8 Å². The Balaban J connectivity index is 2.01. The lowest BCUT2D eigenvalue weighted by Crippen LogP contribution is -2.55. The highest BCUT2D eigenvalue weighted by molar-refractivity contribution is 9.09. The molecular weight excluding hydrogens is 276 g/mol. The van der Waals surface area contributed by atoms with Crippen molar-refractivity contribution in [1.29, 1.82) is 0 Å². The van der Waals surface area contributed by atoms with Gasteiger partial charge < -0.3 is 5.11 Å². The van der Waals surface area contributed by atoms with Crippen molar-refractivity contribution in [1.82, 2.24) is 0 Å². The molecule has 0 bridgehead atoms. The van der Waals surface area contributed by atoms with Gasteiger partial charge in [0.2, 0.25) is 0 Å². The highest BCUT2D eigenvalue weighted by Crippen LogP contribution is 2.74. The Morgan fingerprint density at radius 2 is 1.71 bits per heavy atom. The molecule has 0 aliphatic heterocycles. The third kappa shape index (κ3) is 1.46. The first-order valence-corrected chi connectivity index (χ1v) is 7.99. The van der Waals surface area contributed by atoms with Crippen LogP contribution < -0.4 is 0 Å². The molecule has 0 radical (unpaired) electrons. The van der Waals surface area contributed by atoms with E-state index in [0.29, 0.717) is 21.6 Å². The van der Waals surface area contributed by atoms with E-state index in [1.807, 2.05) is 0 Å². The van der Waals surface area contributed by atoms with Gasteiger partial charge in [-0.1, -0.05) is 36.7 Å². The zero-order chi connectivity index (χ0) is 12.6. The number of hydrogen-bond donors (Lipinski definition) is 1. The third-order valence-electron chi connectivity index (χ3n) is 6.49. The van der Waals surface area contributed by atoms with Gasteiger partial charge in [-0.3, -0.25) is 0 Å². The molecule has 1 N–H and O–H groups in total. The van der Waals surface area contributed by atoms with Gasteiger partial charge in [0.15, 0.2) is 0 Å². The fourth-order valence-corrected chi connectivity index (χ4v) is 6.13. The Morgan fingerprint density at radius 3 is 2.35 bits per heavy atom. The predicted octanol–water partition coefficient (Wildman–Crippen LogP) is 3.98. The first kappa shape index (κ1) is 12.5. The lowest BCUT2D eigenvalue weighted by molar-refractivity contribution is -0.118. The molecule has 0 unspecified atom stereocenters. The molecule has 3 aliphatic carbocycles. The Labute approximate surface area is 113 Å². The fraction of sp³-hybridized carbons (Fsp3) is 1.00. The van der Waals surface area contributed by atoms with E-state index in [-0.39, 0.29) is 0 Å². The number of rotatable bonds is 0. The van der Waals surface area contributed by atoms with E-state index in [1.54, 1.807) is 0 Å². The molecule has 6 atom stereocenters. The average molecular weight is 301 g/mol. The molecule has 0 amide bonds. The van der Waals surface area contributed by atoms with E-state index >= 15 is 0 Å². The molecule has 0 saturated heterocycles. The lowest BCUT2D eigenvalue weighted by Gasteiger charge is -2.55. The Morgan fingerprint density at radius 1 is 1.06 bits per heavy atom. The van der Waals surface area contributed by atoms with E-state index in [9.17, 15) is 5.11 Å². The van der Waals surface area contributed by atoms with Crippen molar-refractivity contribution >= 4 is 15.9 Å². The molecule has 2 heteroatoms. The quantitative estimate of drug-likeness (QED) is 0.671. The summed E-state index contributed by atoms with van der Waals surface area (Å²) >= 11 is 3.91. The van der Waals surface area contributed by atoms with E-state index in [1.165, 1.54) is 12.8 Å². The molecule has 0 heterocycles. The van der Waals surface area contributed by atoms with Crippen LogP contribution in [0, 0.1) is 28.6 Å². The SMILES string of the molecule is CC1(C)[C@@H]2[C@@H]3[C@@](C)(CC[C@@H]21)[C@H](Br)CC[C@@]3(C)O. The summed E-state index contributed by atoms with van der Waals surface area (Å²) in [6.45, 7) is 9.31. The van der Waals surface area contributed by atoms with Crippen molar-refractivity contribution < 1.29 is 5.11 Å². The average Bonchev–Trinajstić information content (AvgIpc) is 2.75. The number of aliphatic hydroxyl groups is 1. The summed E-state index contributed by atoms with van der Waals surface area (Å²) in [4.78, 5) is 0.595. The molecule has 17 heavy (non-hydrogen) atoms. The summed E-state index contributed by atoms with van der Waals surface area (Å²) in [6.07, 6.45) is 4.73. The molecule has 3 saturated carbocycles. The van der Waals surface area contributed by atoms with Crippen LogP contribution in [0.25, 0.3) is 0 Å². The Hall–Kier alpha value is 0.440. The van der Waals surface area contributed by atoms with Crippen LogP contribution in [0.4, 0.5) is 0 Å². The summed E-state index contributed by atoms with van der Waals surface area (Å²) in [5.41, 5.74) is 0.323. The summed E-state index contributed by atoms with van der Waals surface area (Å²) in [5.74, 6) is 2.10. The van der Waals surface area contributed by atoms with Gasteiger partial charge in [0, 0.05) is 4.83 Å². The molecule has 1 nitrogen and oxygen atoms in total. The molecule has 0 aromatic heterocycles. The number of hydrogen-bond acceptors (Lipinski definition) is 1. The standard InChI is InChI=1S/C15H25BrO/c1-13(2)9-5-7-14(3)10(16)6-8-15(4,17)12(14)11(9)13/h9-12,17H,5-8H2,1-4H3/t9-,10+,11-,12+,14-,15+/m0/s1. The molecule has 0 aromatic rings. The van der Waals surface area contributed by atoms with Crippen LogP contribution in [-0.2, 0) is 0 Å². The summed E-state index contributed by atoms with van der Waals surface area (Å²) in [5, 5.41) is 10.9. The van der Waals surface area contributed by atoms with Crippen molar-refractivity contribution in [2.24, 2.45) is 28.6 Å². The van der Waals surface area contributed by atoms with Crippen LogP contribution in [0.3, 0.4) is 0 Å². The number of alkyl halides is 1. The first-order valence-electron chi connectivity index (χ1n) is 7.08. The second-order valence-corrected chi connectivity index (χ2v) is 8.94. The summed E-state index contributed by atoms with van der Waals surface area (Å²) in [7, 11) is 0. The number of halogens is 1.